The number of amides is 1. The third-order valence-electron chi connectivity index (χ3n) is 2.85. The van der Waals surface area contributed by atoms with Crippen LogP contribution < -0.4 is 10.1 Å². The van der Waals surface area contributed by atoms with E-state index in [2.05, 4.69) is 5.32 Å². The summed E-state index contributed by atoms with van der Waals surface area (Å²) < 4.78 is 5.11. The quantitative estimate of drug-likeness (QED) is 0.803. The van der Waals surface area contributed by atoms with Gasteiger partial charge in [-0.25, -0.2) is 0 Å². The molecule has 4 nitrogen and oxygen atoms in total. The molecule has 0 aromatic heterocycles. The van der Waals surface area contributed by atoms with Crippen LogP contribution in [0.3, 0.4) is 0 Å². The molecule has 0 saturated carbocycles. The lowest BCUT2D eigenvalue weighted by Crippen LogP contribution is -2.41. The number of ether oxygens (including phenoxy) is 1. The minimum atomic E-state index is -0.192. The van der Waals surface area contributed by atoms with Gasteiger partial charge in [0, 0.05) is 0 Å². The third kappa shape index (κ3) is 4.37. The zero-order valence-electron chi connectivity index (χ0n) is 11.1. The smallest absolute Gasteiger partial charge is 0.224 e. The summed E-state index contributed by atoms with van der Waals surface area (Å²) in [4.78, 5) is 11.8. The molecule has 1 aromatic rings. The Hall–Kier alpha value is -1.55. The molecule has 1 aromatic carbocycles. The fourth-order valence-electron chi connectivity index (χ4n) is 1.65. The van der Waals surface area contributed by atoms with Gasteiger partial charge in [-0.1, -0.05) is 26.0 Å². The second kappa shape index (κ2) is 7.01. The highest BCUT2D eigenvalue weighted by Crippen LogP contribution is 2.13. The molecule has 0 fully saturated rings. The zero-order chi connectivity index (χ0) is 13.5. The van der Waals surface area contributed by atoms with E-state index in [1.54, 1.807) is 7.11 Å². The molecule has 0 saturated heterocycles. The average molecular weight is 251 g/mol. The maximum absolute atomic E-state index is 11.8. The summed E-state index contributed by atoms with van der Waals surface area (Å²) in [5.74, 6) is 0.864. The van der Waals surface area contributed by atoms with Crippen LogP contribution in [0.1, 0.15) is 19.4 Å². The van der Waals surface area contributed by atoms with Crippen molar-refractivity contribution in [2.75, 3.05) is 13.7 Å². The van der Waals surface area contributed by atoms with Gasteiger partial charge in [0.25, 0.3) is 0 Å². The van der Waals surface area contributed by atoms with Crippen LogP contribution >= 0.6 is 0 Å². The van der Waals surface area contributed by atoms with Gasteiger partial charge in [-0.2, -0.15) is 0 Å². The number of nitrogens with one attached hydrogen (secondary N) is 1. The predicted octanol–water partition coefficient (Wildman–Crippen LogP) is 1.37. The number of hydrogen-bond donors (Lipinski definition) is 2. The highest BCUT2D eigenvalue weighted by Gasteiger charge is 2.15. The number of aliphatic hydroxyl groups excluding tert-OH is 1. The highest BCUT2D eigenvalue weighted by atomic mass is 16.5. The molecule has 0 aliphatic rings. The monoisotopic (exact) mass is 251 g/mol. The van der Waals surface area contributed by atoms with Gasteiger partial charge in [0.2, 0.25) is 5.91 Å². The van der Waals surface area contributed by atoms with Crippen LogP contribution in [0.25, 0.3) is 0 Å². The lowest BCUT2D eigenvalue weighted by molar-refractivity contribution is -0.121. The Morgan fingerprint density at radius 1 is 1.44 bits per heavy atom. The first-order valence-electron chi connectivity index (χ1n) is 6.10. The molecule has 1 amide bonds. The molecule has 0 spiro atoms. The predicted molar refractivity (Wildman–Crippen MR) is 70.6 cm³/mol. The SMILES string of the molecule is COc1cccc(CC(=O)N[C@H](CO)C(C)C)c1. The van der Waals surface area contributed by atoms with Crippen molar-refractivity contribution in [3.8, 4) is 5.75 Å². The molecule has 1 atom stereocenters. The third-order valence-corrected chi connectivity index (χ3v) is 2.85. The Balaban J connectivity index is 2.58. The van der Waals surface area contributed by atoms with E-state index in [0.29, 0.717) is 6.42 Å². The normalized spacial score (nSPS) is 12.3. The van der Waals surface area contributed by atoms with Crippen molar-refractivity contribution < 1.29 is 14.6 Å². The van der Waals surface area contributed by atoms with Gasteiger partial charge in [0.15, 0.2) is 0 Å². The van der Waals surface area contributed by atoms with Crippen LogP contribution in [-0.2, 0) is 11.2 Å². The molecule has 4 heteroatoms. The summed E-state index contributed by atoms with van der Waals surface area (Å²) in [6.45, 7) is 3.89. The standard InChI is InChI=1S/C14H21NO3/c1-10(2)13(9-16)15-14(17)8-11-5-4-6-12(7-11)18-3/h4-7,10,13,16H,8-9H2,1-3H3,(H,15,17)/t13-/m1/s1. The largest absolute Gasteiger partial charge is 0.497 e. The fraction of sp³-hybridized carbons (Fsp3) is 0.500. The van der Waals surface area contributed by atoms with E-state index in [0.717, 1.165) is 11.3 Å². The van der Waals surface area contributed by atoms with Gasteiger partial charge in [0.05, 0.1) is 26.2 Å². The molecule has 0 unspecified atom stereocenters. The maximum atomic E-state index is 11.8. The molecule has 0 heterocycles. The molecule has 0 radical (unpaired) electrons. The van der Waals surface area contributed by atoms with Crippen molar-refractivity contribution in [3.63, 3.8) is 0 Å². The first-order valence-corrected chi connectivity index (χ1v) is 6.10. The van der Waals surface area contributed by atoms with Gasteiger partial charge in [-0.3, -0.25) is 4.79 Å². The van der Waals surface area contributed by atoms with Crippen LogP contribution in [-0.4, -0.2) is 30.8 Å². The first kappa shape index (κ1) is 14.5. The van der Waals surface area contributed by atoms with E-state index in [-0.39, 0.29) is 24.5 Å². The summed E-state index contributed by atoms with van der Waals surface area (Å²) in [6, 6.07) is 7.22. The summed E-state index contributed by atoms with van der Waals surface area (Å²) in [6.07, 6.45) is 0.292. The van der Waals surface area contributed by atoms with Gasteiger partial charge in [0.1, 0.15) is 5.75 Å². The van der Waals surface area contributed by atoms with E-state index >= 15 is 0 Å². The van der Waals surface area contributed by atoms with Crippen LogP contribution in [0.4, 0.5) is 0 Å². The van der Waals surface area contributed by atoms with Gasteiger partial charge in [-0.15, -0.1) is 0 Å². The Bertz CT molecular complexity index is 390. The Morgan fingerprint density at radius 3 is 2.72 bits per heavy atom. The average Bonchev–Trinajstić information content (AvgIpc) is 2.35. The van der Waals surface area contributed by atoms with Crippen LogP contribution in [0.15, 0.2) is 24.3 Å². The molecule has 0 aliphatic carbocycles. The lowest BCUT2D eigenvalue weighted by Gasteiger charge is -2.19. The van der Waals surface area contributed by atoms with Crippen molar-refractivity contribution in [2.45, 2.75) is 26.3 Å². The number of rotatable bonds is 6. The van der Waals surface area contributed by atoms with E-state index in [9.17, 15) is 4.79 Å². The topological polar surface area (TPSA) is 58.6 Å². The van der Waals surface area contributed by atoms with Crippen molar-refractivity contribution in [1.29, 1.82) is 0 Å². The maximum Gasteiger partial charge on any atom is 0.224 e. The summed E-state index contributed by atoms with van der Waals surface area (Å²) >= 11 is 0. The molecule has 0 bridgehead atoms. The Labute approximate surface area is 108 Å². The van der Waals surface area contributed by atoms with Gasteiger partial charge in [-0.05, 0) is 23.6 Å². The lowest BCUT2D eigenvalue weighted by atomic mass is 10.0. The number of benzene rings is 1. The Morgan fingerprint density at radius 2 is 2.17 bits per heavy atom. The summed E-state index contributed by atoms with van der Waals surface area (Å²) in [5.41, 5.74) is 0.896. The second-order valence-electron chi connectivity index (χ2n) is 4.63. The molecule has 1 rings (SSSR count). The van der Waals surface area contributed by atoms with Crippen molar-refractivity contribution in [3.05, 3.63) is 29.8 Å². The van der Waals surface area contributed by atoms with E-state index in [1.807, 2.05) is 38.1 Å². The second-order valence-corrected chi connectivity index (χ2v) is 4.63. The van der Waals surface area contributed by atoms with E-state index < -0.39 is 0 Å². The number of hydrogen-bond acceptors (Lipinski definition) is 3. The number of methoxy groups -OCH3 is 1. The minimum Gasteiger partial charge on any atom is -0.497 e. The minimum absolute atomic E-state index is 0.0402. The van der Waals surface area contributed by atoms with Gasteiger partial charge < -0.3 is 15.2 Å². The van der Waals surface area contributed by atoms with Crippen molar-refractivity contribution >= 4 is 5.91 Å². The van der Waals surface area contributed by atoms with E-state index in [1.165, 1.54) is 0 Å². The van der Waals surface area contributed by atoms with Crippen LogP contribution in [0, 0.1) is 5.92 Å². The highest BCUT2D eigenvalue weighted by molar-refractivity contribution is 5.79. The molecule has 0 aliphatic heterocycles. The van der Waals surface area contributed by atoms with Crippen LogP contribution in [0.2, 0.25) is 0 Å². The molecular formula is C14H21NO3. The molecule has 18 heavy (non-hydrogen) atoms. The van der Waals surface area contributed by atoms with Crippen LogP contribution in [0.5, 0.6) is 5.75 Å². The number of aliphatic hydroxyl groups is 1. The summed E-state index contributed by atoms with van der Waals surface area (Å²) in [5, 5.41) is 12.0. The molecule has 2 N–H and O–H groups in total. The van der Waals surface area contributed by atoms with Crippen molar-refractivity contribution in [1.82, 2.24) is 5.32 Å². The van der Waals surface area contributed by atoms with Gasteiger partial charge >= 0.3 is 0 Å². The summed E-state index contributed by atoms with van der Waals surface area (Å²) in [7, 11) is 1.60. The zero-order valence-corrected chi connectivity index (χ0v) is 11.1. The number of carbonyl (C=O) groups excluding carboxylic acids is 1. The first-order chi connectivity index (χ1) is 8.56. The van der Waals surface area contributed by atoms with E-state index in [4.69, 9.17) is 9.84 Å². The Kier molecular flexibility index (Phi) is 5.65. The molecular weight excluding hydrogens is 230 g/mol. The fourth-order valence-corrected chi connectivity index (χ4v) is 1.65. The molecule has 100 valence electrons. The number of carbonyl (C=O) groups is 1. The van der Waals surface area contributed by atoms with Crippen molar-refractivity contribution in [2.24, 2.45) is 5.92 Å².